The molecule has 1 aliphatic heterocycles. The van der Waals surface area contributed by atoms with Gasteiger partial charge in [-0.3, -0.25) is 0 Å². The number of hydrogen-bond donors (Lipinski definition) is 1. The molecule has 1 aromatic rings. The van der Waals surface area contributed by atoms with Gasteiger partial charge in [-0.2, -0.15) is 0 Å². The molecule has 1 saturated carbocycles. The van der Waals surface area contributed by atoms with Gasteiger partial charge < -0.3 is 10.0 Å². The highest BCUT2D eigenvalue weighted by atomic mass is 19.1. The van der Waals surface area contributed by atoms with Crippen LogP contribution in [0.5, 0.6) is 0 Å². The number of piperidine rings is 1. The molecule has 2 aliphatic rings. The summed E-state index contributed by atoms with van der Waals surface area (Å²) in [5, 5.41) is 9.87. The molecule has 1 heterocycles. The minimum atomic E-state index is -0.622. The van der Waals surface area contributed by atoms with Gasteiger partial charge in [0.2, 0.25) is 0 Å². The number of anilines is 1. The number of aliphatic hydroxyl groups is 1. The predicted molar refractivity (Wildman–Crippen MR) is 79.4 cm³/mol. The SMILES string of the molecule is C[C@H](O)c1cc(F)ccc1N1CCC2(CCCC2)CC1. The molecule has 20 heavy (non-hydrogen) atoms. The van der Waals surface area contributed by atoms with E-state index in [4.69, 9.17) is 0 Å². The van der Waals surface area contributed by atoms with Gasteiger partial charge in [0.05, 0.1) is 6.10 Å². The Labute approximate surface area is 120 Å². The summed E-state index contributed by atoms with van der Waals surface area (Å²) >= 11 is 0. The van der Waals surface area contributed by atoms with Crippen molar-refractivity contribution in [2.75, 3.05) is 18.0 Å². The first-order chi connectivity index (χ1) is 9.60. The Balaban J connectivity index is 1.77. The number of halogens is 1. The van der Waals surface area contributed by atoms with Crippen molar-refractivity contribution in [3.63, 3.8) is 0 Å². The van der Waals surface area contributed by atoms with Gasteiger partial charge in [0, 0.05) is 24.3 Å². The molecule has 0 bridgehead atoms. The van der Waals surface area contributed by atoms with Crippen molar-refractivity contribution in [2.24, 2.45) is 5.41 Å². The van der Waals surface area contributed by atoms with Crippen molar-refractivity contribution in [3.05, 3.63) is 29.6 Å². The standard InChI is InChI=1S/C17H24FNO/c1-13(20)15-12-14(18)4-5-16(15)19-10-8-17(9-11-19)6-2-3-7-17/h4-5,12-13,20H,2-3,6-11H2,1H3/t13-/m0/s1. The Morgan fingerprint density at radius 2 is 1.80 bits per heavy atom. The molecule has 1 N–H and O–H groups in total. The van der Waals surface area contributed by atoms with Crippen LogP contribution in [0.25, 0.3) is 0 Å². The van der Waals surface area contributed by atoms with Crippen molar-refractivity contribution < 1.29 is 9.50 Å². The number of aliphatic hydroxyl groups excluding tert-OH is 1. The topological polar surface area (TPSA) is 23.5 Å². The molecule has 1 saturated heterocycles. The number of benzene rings is 1. The maximum absolute atomic E-state index is 13.4. The molecule has 3 heteroatoms. The average Bonchev–Trinajstić information content (AvgIpc) is 2.88. The van der Waals surface area contributed by atoms with Gasteiger partial charge in [-0.1, -0.05) is 12.8 Å². The quantitative estimate of drug-likeness (QED) is 0.882. The maximum atomic E-state index is 13.4. The zero-order chi connectivity index (χ0) is 14.2. The van der Waals surface area contributed by atoms with Crippen LogP contribution >= 0.6 is 0 Å². The van der Waals surface area contributed by atoms with Gasteiger partial charge in [0.1, 0.15) is 5.82 Å². The second-order valence-corrected chi connectivity index (χ2v) is 6.57. The van der Waals surface area contributed by atoms with Crippen LogP contribution in [0, 0.1) is 11.2 Å². The van der Waals surface area contributed by atoms with Crippen LogP contribution in [-0.2, 0) is 0 Å². The fourth-order valence-electron chi connectivity index (χ4n) is 3.99. The van der Waals surface area contributed by atoms with E-state index in [2.05, 4.69) is 4.90 Å². The minimum Gasteiger partial charge on any atom is -0.389 e. The van der Waals surface area contributed by atoms with E-state index >= 15 is 0 Å². The first-order valence-corrected chi connectivity index (χ1v) is 7.82. The zero-order valence-electron chi connectivity index (χ0n) is 12.2. The van der Waals surface area contributed by atoms with Crippen LogP contribution in [0.1, 0.15) is 57.1 Å². The summed E-state index contributed by atoms with van der Waals surface area (Å²) in [7, 11) is 0. The van der Waals surface area contributed by atoms with Gasteiger partial charge in [0.25, 0.3) is 0 Å². The van der Waals surface area contributed by atoms with E-state index in [-0.39, 0.29) is 5.82 Å². The predicted octanol–water partition coefficient (Wildman–Crippen LogP) is 4.04. The van der Waals surface area contributed by atoms with E-state index in [0.29, 0.717) is 11.0 Å². The highest BCUT2D eigenvalue weighted by molar-refractivity contribution is 5.55. The van der Waals surface area contributed by atoms with E-state index in [9.17, 15) is 9.50 Å². The Morgan fingerprint density at radius 3 is 2.40 bits per heavy atom. The van der Waals surface area contributed by atoms with Crippen LogP contribution in [0.4, 0.5) is 10.1 Å². The monoisotopic (exact) mass is 277 g/mol. The van der Waals surface area contributed by atoms with E-state index in [1.807, 2.05) is 6.07 Å². The highest BCUT2D eigenvalue weighted by Crippen LogP contribution is 2.47. The smallest absolute Gasteiger partial charge is 0.123 e. The summed E-state index contributed by atoms with van der Waals surface area (Å²) in [4.78, 5) is 2.32. The van der Waals surface area contributed by atoms with Crippen molar-refractivity contribution in [3.8, 4) is 0 Å². The van der Waals surface area contributed by atoms with Crippen LogP contribution in [-0.4, -0.2) is 18.2 Å². The second kappa shape index (κ2) is 5.36. The second-order valence-electron chi connectivity index (χ2n) is 6.57. The third-order valence-electron chi connectivity index (χ3n) is 5.27. The molecule has 1 spiro atoms. The Morgan fingerprint density at radius 1 is 1.15 bits per heavy atom. The molecule has 0 unspecified atom stereocenters. The third-order valence-corrected chi connectivity index (χ3v) is 5.27. The molecule has 0 amide bonds. The van der Waals surface area contributed by atoms with Gasteiger partial charge in [-0.25, -0.2) is 4.39 Å². The molecule has 1 aromatic carbocycles. The molecule has 2 nitrogen and oxygen atoms in total. The molecule has 3 rings (SSSR count). The first-order valence-electron chi connectivity index (χ1n) is 7.82. The summed E-state index contributed by atoms with van der Waals surface area (Å²) in [5.41, 5.74) is 2.31. The van der Waals surface area contributed by atoms with E-state index in [1.54, 1.807) is 6.92 Å². The number of hydrogen-bond acceptors (Lipinski definition) is 2. The highest BCUT2D eigenvalue weighted by Gasteiger charge is 2.37. The van der Waals surface area contributed by atoms with Crippen molar-refractivity contribution >= 4 is 5.69 Å². The lowest BCUT2D eigenvalue weighted by atomic mass is 9.77. The lowest BCUT2D eigenvalue weighted by Gasteiger charge is -2.41. The molecule has 110 valence electrons. The number of nitrogens with zero attached hydrogens (tertiary/aromatic N) is 1. The van der Waals surface area contributed by atoms with Crippen molar-refractivity contribution in [1.29, 1.82) is 0 Å². The van der Waals surface area contributed by atoms with E-state index in [1.165, 1.54) is 50.7 Å². The van der Waals surface area contributed by atoms with Crippen molar-refractivity contribution in [2.45, 2.75) is 51.6 Å². The van der Waals surface area contributed by atoms with Gasteiger partial charge in [0.15, 0.2) is 0 Å². The van der Waals surface area contributed by atoms with Crippen LogP contribution in [0.3, 0.4) is 0 Å². The average molecular weight is 277 g/mol. The maximum Gasteiger partial charge on any atom is 0.123 e. The summed E-state index contributed by atoms with van der Waals surface area (Å²) in [6, 6.07) is 4.80. The molecular formula is C17H24FNO. The van der Waals surface area contributed by atoms with Gasteiger partial charge >= 0.3 is 0 Å². The van der Waals surface area contributed by atoms with E-state index in [0.717, 1.165) is 18.8 Å². The summed E-state index contributed by atoms with van der Waals surface area (Å²) in [5.74, 6) is -0.270. The fourth-order valence-corrected chi connectivity index (χ4v) is 3.99. The van der Waals surface area contributed by atoms with Crippen molar-refractivity contribution in [1.82, 2.24) is 0 Å². The Hall–Kier alpha value is -1.09. The summed E-state index contributed by atoms with van der Waals surface area (Å²) in [6.07, 6.45) is 7.39. The molecule has 2 fully saturated rings. The van der Waals surface area contributed by atoms with E-state index < -0.39 is 6.10 Å². The van der Waals surface area contributed by atoms with Gasteiger partial charge in [-0.05, 0) is 56.2 Å². The van der Waals surface area contributed by atoms with Gasteiger partial charge in [-0.15, -0.1) is 0 Å². The Bertz CT molecular complexity index is 470. The number of rotatable bonds is 2. The largest absolute Gasteiger partial charge is 0.389 e. The third kappa shape index (κ3) is 2.56. The molecule has 1 aliphatic carbocycles. The molecule has 1 atom stereocenters. The fraction of sp³-hybridized carbons (Fsp3) is 0.647. The van der Waals surface area contributed by atoms with Crippen LogP contribution in [0.15, 0.2) is 18.2 Å². The van der Waals surface area contributed by atoms with Crippen LogP contribution < -0.4 is 4.90 Å². The lowest BCUT2D eigenvalue weighted by Crippen LogP contribution is -2.39. The zero-order valence-corrected chi connectivity index (χ0v) is 12.2. The first kappa shape index (κ1) is 13.9. The molecule has 0 aromatic heterocycles. The molecule has 0 radical (unpaired) electrons. The lowest BCUT2D eigenvalue weighted by molar-refractivity contribution is 0.197. The Kier molecular flexibility index (Phi) is 3.72. The summed E-state index contributed by atoms with van der Waals surface area (Å²) < 4.78 is 13.4. The van der Waals surface area contributed by atoms with Crippen LogP contribution in [0.2, 0.25) is 0 Å². The minimum absolute atomic E-state index is 0.270. The molecular weight excluding hydrogens is 253 g/mol. The normalized spacial score (nSPS) is 23.2. The summed E-state index contributed by atoms with van der Waals surface area (Å²) in [6.45, 7) is 3.78.